The van der Waals surface area contributed by atoms with Crippen molar-refractivity contribution >= 4 is 27.5 Å². The fourth-order valence-electron chi connectivity index (χ4n) is 2.31. The number of hydrogen-bond acceptors (Lipinski definition) is 2. The fraction of sp³-hybridized carbons (Fsp3) is 0.533. The first-order valence-electron chi connectivity index (χ1n) is 6.98. The van der Waals surface area contributed by atoms with Crippen molar-refractivity contribution < 1.29 is 4.79 Å². The quantitative estimate of drug-likeness (QED) is 0.845. The summed E-state index contributed by atoms with van der Waals surface area (Å²) in [5, 5.41) is 0. The van der Waals surface area contributed by atoms with Crippen LogP contribution in [0.25, 0.3) is 0 Å². The summed E-state index contributed by atoms with van der Waals surface area (Å²) in [6.07, 6.45) is 5.11. The van der Waals surface area contributed by atoms with E-state index in [0.29, 0.717) is 5.69 Å². The van der Waals surface area contributed by atoms with Crippen LogP contribution in [0.15, 0.2) is 22.7 Å². The Labute approximate surface area is 122 Å². The van der Waals surface area contributed by atoms with E-state index in [1.54, 1.807) is 6.07 Å². The number of hydrogen-bond donors (Lipinski definition) is 1. The van der Waals surface area contributed by atoms with Crippen LogP contribution < -0.4 is 5.73 Å². The van der Waals surface area contributed by atoms with Gasteiger partial charge >= 0.3 is 0 Å². The van der Waals surface area contributed by atoms with Gasteiger partial charge in [-0.05, 0) is 71.6 Å². The zero-order chi connectivity index (χ0) is 13.4. The van der Waals surface area contributed by atoms with Crippen LogP contribution in [0.3, 0.4) is 0 Å². The number of anilines is 1. The average Bonchev–Trinajstić information content (AvgIpc) is 3.26. The van der Waals surface area contributed by atoms with Crippen LogP contribution in [0.4, 0.5) is 5.69 Å². The first kappa shape index (κ1) is 13.0. The van der Waals surface area contributed by atoms with Gasteiger partial charge in [-0.1, -0.05) is 0 Å². The Morgan fingerprint density at radius 3 is 2.26 bits per heavy atom. The van der Waals surface area contributed by atoms with Gasteiger partial charge in [-0.15, -0.1) is 0 Å². The number of carbonyl (C=O) groups excluding carboxylic acids is 1. The minimum atomic E-state index is 0.152. The van der Waals surface area contributed by atoms with Crippen molar-refractivity contribution in [3.63, 3.8) is 0 Å². The van der Waals surface area contributed by atoms with Crippen LogP contribution in [-0.4, -0.2) is 23.9 Å². The van der Waals surface area contributed by atoms with Crippen LogP contribution in [0.2, 0.25) is 0 Å². The van der Waals surface area contributed by atoms with Crippen molar-refractivity contribution in [2.24, 2.45) is 11.8 Å². The Bertz CT molecular complexity index is 481. The number of benzene rings is 1. The number of rotatable bonds is 5. The molecule has 2 aliphatic rings. The molecule has 3 rings (SSSR count). The van der Waals surface area contributed by atoms with Crippen molar-refractivity contribution in [2.45, 2.75) is 25.7 Å². The predicted molar refractivity (Wildman–Crippen MR) is 79.9 cm³/mol. The van der Waals surface area contributed by atoms with Gasteiger partial charge in [-0.2, -0.15) is 0 Å². The Balaban J connectivity index is 1.74. The number of amides is 1. The lowest BCUT2D eigenvalue weighted by atomic mass is 10.1. The summed E-state index contributed by atoms with van der Waals surface area (Å²) in [7, 11) is 0. The Morgan fingerprint density at radius 1 is 1.21 bits per heavy atom. The Morgan fingerprint density at radius 2 is 1.79 bits per heavy atom. The van der Waals surface area contributed by atoms with Gasteiger partial charge in [0.05, 0.1) is 0 Å². The van der Waals surface area contributed by atoms with E-state index in [1.807, 2.05) is 17.0 Å². The van der Waals surface area contributed by atoms with Crippen molar-refractivity contribution in [3.8, 4) is 0 Å². The summed E-state index contributed by atoms with van der Waals surface area (Å²) >= 11 is 3.39. The maximum Gasteiger partial charge on any atom is 0.253 e. The molecule has 4 heteroatoms. The monoisotopic (exact) mass is 322 g/mol. The van der Waals surface area contributed by atoms with Crippen LogP contribution in [0.1, 0.15) is 36.0 Å². The SMILES string of the molecule is Nc1ccc(C(=O)N(CC2CC2)CC2CC2)cc1Br. The molecule has 1 amide bonds. The highest BCUT2D eigenvalue weighted by Crippen LogP contribution is 2.34. The van der Waals surface area contributed by atoms with Gasteiger partial charge < -0.3 is 10.6 Å². The van der Waals surface area contributed by atoms with Gasteiger partial charge in [0.15, 0.2) is 0 Å². The molecule has 102 valence electrons. The third-order valence-corrected chi connectivity index (χ3v) is 4.57. The Kier molecular flexibility index (Phi) is 3.52. The van der Waals surface area contributed by atoms with Gasteiger partial charge in [0.1, 0.15) is 0 Å². The molecule has 1 aromatic carbocycles. The van der Waals surface area contributed by atoms with Gasteiger partial charge in [-0.3, -0.25) is 4.79 Å². The molecule has 1 aromatic rings. The first-order valence-corrected chi connectivity index (χ1v) is 7.77. The highest BCUT2D eigenvalue weighted by Gasteiger charge is 2.31. The zero-order valence-electron chi connectivity index (χ0n) is 10.9. The van der Waals surface area contributed by atoms with Gasteiger partial charge in [0, 0.05) is 28.8 Å². The fourth-order valence-corrected chi connectivity index (χ4v) is 2.69. The lowest BCUT2D eigenvalue weighted by Crippen LogP contribution is -2.34. The van der Waals surface area contributed by atoms with Gasteiger partial charge in [0.2, 0.25) is 0 Å². The molecule has 0 heterocycles. The van der Waals surface area contributed by atoms with E-state index in [4.69, 9.17) is 5.73 Å². The molecular formula is C15H19BrN2O. The van der Waals surface area contributed by atoms with E-state index in [1.165, 1.54) is 25.7 Å². The molecule has 2 saturated carbocycles. The third-order valence-electron chi connectivity index (χ3n) is 3.89. The standard InChI is InChI=1S/C15H19BrN2O/c16-13-7-12(5-6-14(13)17)15(19)18(8-10-1-2-10)9-11-3-4-11/h5-7,10-11H,1-4,8-9,17H2. The summed E-state index contributed by atoms with van der Waals surface area (Å²) in [6, 6.07) is 5.46. The van der Waals surface area contributed by atoms with Gasteiger partial charge in [0.25, 0.3) is 5.91 Å². The van der Waals surface area contributed by atoms with E-state index in [2.05, 4.69) is 15.9 Å². The highest BCUT2D eigenvalue weighted by atomic mass is 79.9. The second-order valence-electron chi connectivity index (χ2n) is 5.83. The molecule has 0 saturated heterocycles. The number of nitrogen functional groups attached to an aromatic ring is 1. The molecule has 0 atom stereocenters. The number of nitrogens with zero attached hydrogens (tertiary/aromatic N) is 1. The van der Waals surface area contributed by atoms with Crippen molar-refractivity contribution in [1.29, 1.82) is 0 Å². The molecule has 0 spiro atoms. The summed E-state index contributed by atoms with van der Waals surface area (Å²) < 4.78 is 0.802. The molecule has 0 aliphatic heterocycles. The molecule has 19 heavy (non-hydrogen) atoms. The second-order valence-corrected chi connectivity index (χ2v) is 6.69. The summed E-state index contributed by atoms with van der Waals surface area (Å²) in [4.78, 5) is 14.6. The summed E-state index contributed by atoms with van der Waals surface area (Å²) in [5.74, 6) is 1.62. The lowest BCUT2D eigenvalue weighted by Gasteiger charge is -2.23. The summed E-state index contributed by atoms with van der Waals surface area (Å²) in [5.41, 5.74) is 7.19. The molecule has 2 N–H and O–H groups in total. The smallest absolute Gasteiger partial charge is 0.253 e. The minimum absolute atomic E-state index is 0.152. The topological polar surface area (TPSA) is 46.3 Å². The van der Waals surface area contributed by atoms with Crippen molar-refractivity contribution in [1.82, 2.24) is 4.90 Å². The minimum Gasteiger partial charge on any atom is -0.398 e. The number of carbonyl (C=O) groups is 1. The molecule has 0 bridgehead atoms. The van der Waals surface area contributed by atoms with E-state index >= 15 is 0 Å². The van der Waals surface area contributed by atoms with Gasteiger partial charge in [-0.25, -0.2) is 0 Å². The van der Waals surface area contributed by atoms with Crippen LogP contribution in [0.5, 0.6) is 0 Å². The zero-order valence-corrected chi connectivity index (χ0v) is 12.5. The van der Waals surface area contributed by atoms with Crippen molar-refractivity contribution in [3.05, 3.63) is 28.2 Å². The molecular weight excluding hydrogens is 304 g/mol. The molecule has 0 aromatic heterocycles. The second kappa shape index (κ2) is 5.16. The molecule has 2 fully saturated rings. The predicted octanol–water partition coefficient (Wildman–Crippen LogP) is 3.29. The molecule has 2 aliphatic carbocycles. The molecule has 0 radical (unpaired) electrons. The van der Waals surface area contributed by atoms with Crippen LogP contribution in [0, 0.1) is 11.8 Å². The highest BCUT2D eigenvalue weighted by molar-refractivity contribution is 9.10. The normalized spacial score (nSPS) is 18.4. The summed E-state index contributed by atoms with van der Waals surface area (Å²) in [6.45, 7) is 1.86. The largest absolute Gasteiger partial charge is 0.398 e. The molecule has 0 unspecified atom stereocenters. The maximum absolute atomic E-state index is 12.6. The van der Waals surface area contributed by atoms with Crippen molar-refractivity contribution in [2.75, 3.05) is 18.8 Å². The maximum atomic E-state index is 12.6. The third kappa shape index (κ3) is 3.30. The lowest BCUT2D eigenvalue weighted by molar-refractivity contribution is 0.0739. The van der Waals surface area contributed by atoms with Crippen LogP contribution >= 0.6 is 15.9 Å². The van der Waals surface area contributed by atoms with E-state index in [0.717, 1.165) is 35.0 Å². The number of halogens is 1. The van der Waals surface area contributed by atoms with E-state index in [-0.39, 0.29) is 5.91 Å². The number of nitrogens with two attached hydrogens (primary N) is 1. The van der Waals surface area contributed by atoms with Crippen LogP contribution in [-0.2, 0) is 0 Å². The molecule has 3 nitrogen and oxygen atoms in total. The average molecular weight is 323 g/mol. The van der Waals surface area contributed by atoms with E-state index in [9.17, 15) is 4.79 Å². The first-order chi connectivity index (χ1) is 9.13. The van der Waals surface area contributed by atoms with E-state index < -0.39 is 0 Å². The Hall–Kier alpha value is -1.03.